The molecule has 1 amide bonds. The molecular formula is C19H26N4O2. The third kappa shape index (κ3) is 4.45. The molecule has 2 aromatic rings. The molecule has 6 nitrogen and oxygen atoms in total. The molecule has 134 valence electrons. The Labute approximate surface area is 148 Å². The summed E-state index contributed by atoms with van der Waals surface area (Å²) in [6, 6.07) is 7.95. The van der Waals surface area contributed by atoms with Crippen molar-refractivity contribution in [1.29, 1.82) is 0 Å². The van der Waals surface area contributed by atoms with Gasteiger partial charge in [-0.3, -0.25) is 4.79 Å². The third-order valence-electron chi connectivity index (χ3n) is 4.49. The maximum atomic E-state index is 12.6. The summed E-state index contributed by atoms with van der Waals surface area (Å²) in [7, 11) is 0. The van der Waals surface area contributed by atoms with Crippen molar-refractivity contribution in [2.45, 2.75) is 39.7 Å². The molecule has 1 aliphatic rings. The standard InChI is InChI=1S/C19H26N4O2/c1-14(2)9-11-25-17-8-10-22(12-17)19(24)18-13-23(21-20-18)16-6-4-15(3)5-7-16/h4-7,13-14,17H,8-12H2,1-3H3/t17-/m0/s1. The van der Waals surface area contributed by atoms with Crippen LogP contribution in [0.4, 0.5) is 0 Å². The largest absolute Gasteiger partial charge is 0.376 e. The molecule has 0 spiro atoms. The van der Waals surface area contributed by atoms with Gasteiger partial charge in [-0.1, -0.05) is 36.8 Å². The van der Waals surface area contributed by atoms with E-state index in [2.05, 4.69) is 24.2 Å². The van der Waals surface area contributed by atoms with Gasteiger partial charge in [0.15, 0.2) is 5.69 Å². The monoisotopic (exact) mass is 342 g/mol. The van der Waals surface area contributed by atoms with Gasteiger partial charge in [-0.05, 0) is 37.8 Å². The number of carbonyl (C=O) groups excluding carboxylic acids is 1. The van der Waals surface area contributed by atoms with Crippen LogP contribution in [0.25, 0.3) is 5.69 Å². The maximum absolute atomic E-state index is 12.6. The van der Waals surface area contributed by atoms with E-state index in [0.717, 1.165) is 25.1 Å². The van der Waals surface area contributed by atoms with E-state index in [1.54, 1.807) is 10.9 Å². The summed E-state index contributed by atoms with van der Waals surface area (Å²) in [6.07, 6.45) is 3.76. The number of likely N-dealkylation sites (tertiary alicyclic amines) is 1. The van der Waals surface area contributed by atoms with Gasteiger partial charge in [0.25, 0.3) is 5.91 Å². The fourth-order valence-electron chi connectivity index (χ4n) is 2.87. The lowest BCUT2D eigenvalue weighted by molar-refractivity contribution is 0.0482. The van der Waals surface area contributed by atoms with Gasteiger partial charge in [-0.25, -0.2) is 4.68 Å². The van der Waals surface area contributed by atoms with E-state index in [1.165, 1.54) is 5.56 Å². The minimum absolute atomic E-state index is 0.0756. The van der Waals surface area contributed by atoms with E-state index in [4.69, 9.17) is 4.74 Å². The van der Waals surface area contributed by atoms with Crippen LogP contribution in [-0.2, 0) is 4.74 Å². The van der Waals surface area contributed by atoms with Crippen molar-refractivity contribution >= 4 is 5.91 Å². The molecule has 0 N–H and O–H groups in total. The van der Waals surface area contributed by atoms with E-state index in [1.807, 2.05) is 36.1 Å². The van der Waals surface area contributed by atoms with Gasteiger partial charge in [0.1, 0.15) is 0 Å². The summed E-state index contributed by atoms with van der Waals surface area (Å²) < 4.78 is 7.52. The molecule has 1 saturated heterocycles. The Balaban J connectivity index is 1.58. The highest BCUT2D eigenvalue weighted by Crippen LogP contribution is 2.17. The lowest BCUT2D eigenvalue weighted by Crippen LogP contribution is -2.30. The van der Waals surface area contributed by atoms with Crippen molar-refractivity contribution < 1.29 is 9.53 Å². The highest BCUT2D eigenvalue weighted by Gasteiger charge is 2.29. The highest BCUT2D eigenvalue weighted by molar-refractivity contribution is 5.92. The van der Waals surface area contributed by atoms with Gasteiger partial charge in [0, 0.05) is 19.7 Å². The van der Waals surface area contributed by atoms with Crippen LogP contribution in [0.3, 0.4) is 0 Å². The van der Waals surface area contributed by atoms with Gasteiger partial charge in [-0.15, -0.1) is 5.10 Å². The first-order valence-electron chi connectivity index (χ1n) is 8.93. The molecule has 0 bridgehead atoms. The second-order valence-electron chi connectivity index (χ2n) is 7.10. The maximum Gasteiger partial charge on any atom is 0.276 e. The summed E-state index contributed by atoms with van der Waals surface area (Å²) >= 11 is 0. The first-order chi connectivity index (χ1) is 12.0. The third-order valence-corrected chi connectivity index (χ3v) is 4.49. The van der Waals surface area contributed by atoms with Crippen LogP contribution < -0.4 is 0 Å². The van der Waals surface area contributed by atoms with Crippen LogP contribution in [0.2, 0.25) is 0 Å². The zero-order valence-corrected chi connectivity index (χ0v) is 15.2. The molecule has 0 unspecified atom stereocenters. The molecule has 0 aliphatic carbocycles. The quantitative estimate of drug-likeness (QED) is 0.810. The van der Waals surface area contributed by atoms with Crippen molar-refractivity contribution in [3.63, 3.8) is 0 Å². The smallest absolute Gasteiger partial charge is 0.276 e. The Morgan fingerprint density at radius 2 is 2.08 bits per heavy atom. The number of ether oxygens (including phenoxy) is 1. The average Bonchev–Trinajstić information content (AvgIpc) is 3.24. The summed E-state index contributed by atoms with van der Waals surface area (Å²) in [6.45, 7) is 8.51. The second kappa shape index (κ2) is 7.78. The van der Waals surface area contributed by atoms with E-state index >= 15 is 0 Å². The lowest BCUT2D eigenvalue weighted by atomic mass is 10.1. The average molecular weight is 342 g/mol. The fraction of sp³-hybridized carbons (Fsp3) is 0.526. The lowest BCUT2D eigenvalue weighted by Gasteiger charge is -2.15. The number of carbonyl (C=O) groups is 1. The van der Waals surface area contributed by atoms with Crippen molar-refractivity contribution in [3.8, 4) is 5.69 Å². The Morgan fingerprint density at radius 1 is 1.32 bits per heavy atom. The van der Waals surface area contributed by atoms with Crippen LogP contribution in [-0.4, -0.2) is 51.6 Å². The summed E-state index contributed by atoms with van der Waals surface area (Å²) in [5, 5.41) is 8.14. The number of amides is 1. The fourth-order valence-corrected chi connectivity index (χ4v) is 2.87. The number of hydrogen-bond acceptors (Lipinski definition) is 4. The topological polar surface area (TPSA) is 60.2 Å². The number of rotatable bonds is 6. The van der Waals surface area contributed by atoms with Crippen LogP contribution in [0.5, 0.6) is 0 Å². The van der Waals surface area contributed by atoms with E-state index in [9.17, 15) is 4.79 Å². The van der Waals surface area contributed by atoms with Gasteiger partial charge in [-0.2, -0.15) is 0 Å². The summed E-state index contributed by atoms with van der Waals surface area (Å²) in [5.74, 6) is 0.560. The normalized spacial score (nSPS) is 17.4. The van der Waals surface area contributed by atoms with Gasteiger partial charge in [0.05, 0.1) is 18.0 Å². The Hall–Kier alpha value is -2.21. The molecule has 3 rings (SSSR count). The number of aromatic nitrogens is 3. The zero-order valence-electron chi connectivity index (χ0n) is 15.2. The summed E-state index contributed by atoms with van der Waals surface area (Å²) in [5.41, 5.74) is 2.46. The van der Waals surface area contributed by atoms with Gasteiger partial charge < -0.3 is 9.64 Å². The van der Waals surface area contributed by atoms with E-state index < -0.39 is 0 Å². The minimum atomic E-state index is -0.0756. The minimum Gasteiger partial charge on any atom is -0.376 e. The Morgan fingerprint density at radius 3 is 2.80 bits per heavy atom. The molecule has 1 aromatic heterocycles. The Bertz CT molecular complexity index is 708. The van der Waals surface area contributed by atoms with Crippen molar-refractivity contribution in [1.82, 2.24) is 19.9 Å². The number of hydrogen-bond donors (Lipinski definition) is 0. The molecule has 6 heteroatoms. The Kier molecular flexibility index (Phi) is 5.48. The van der Waals surface area contributed by atoms with Gasteiger partial charge in [0.2, 0.25) is 0 Å². The molecule has 1 atom stereocenters. The van der Waals surface area contributed by atoms with Gasteiger partial charge >= 0.3 is 0 Å². The molecular weight excluding hydrogens is 316 g/mol. The number of aryl methyl sites for hydroxylation is 1. The van der Waals surface area contributed by atoms with Crippen molar-refractivity contribution in [2.24, 2.45) is 5.92 Å². The van der Waals surface area contributed by atoms with Crippen LogP contribution in [0.1, 0.15) is 42.7 Å². The molecule has 1 aromatic carbocycles. The first-order valence-corrected chi connectivity index (χ1v) is 8.93. The molecule has 1 fully saturated rings. The molecule has 2 heterocycles. The summed E-state index contributed by atoms with van der Waals surface area (Å²) in [4.78, 5) is 14.4. The number of benzene rings is 1. The van der Waals surface area contributed by atoms with E-state index in [-0.39, 0.29) is 12.0 Å². The second-order valence-corrected chi connectivity index (χ2v) is 7.10. The van der Waals surface area contributed by atoms with Crippen LogP contribution in [0, 0.1) is 12.8 Å². The molecule has 1 aliphatic heterocycles. The first kappa shape index (κ1) is 17.6. The number of nitrogens with zero attached hydrogens (tertiary/aromatic N) is 4. The predicted octanol–water partition coefficient (Wildman–Crippen LogP) is 2.85. The predicted molar refractivity (Wildman–Crippen MR) is 95.8 cm³/mol. The van der Waals surface area contributed by atoms with Crippen LogP contribution >= 0.6 is 0 Å². The molecule has 0 saturated carbocycles. The van der Waals surface area contributed by atoms with Crippen molar-refractivity contribution in [2.75, 3.05) is 19.7 Å². The molecule has 25 heavy (non-hydrogen) atoms. The van der Waals surface area contributed by atoms with E-state index in [0.29, 0.717) is 24.7 Å². The van der Waals surface area contributed by atoms with Crippen LogP contribution in [0.15, 0.2) is 30.5 Å². The SMILES string of the molecule is Cc1ccc(-n2cc(C(=O)N3CC[C@H](OCCC(C)C)C3)nn2)cc1. The zero-order chi connectivity index (χ0) is 17.8. The molecule has 0 radical (unpaired) electrons. The highest BCUT2D eigenvalue weighted by atomic mass is 16.5. The van der Waals surface area contributed by atoms with Crippen molar-refractivity contribution in [3.05, 3.63) is 41.7 Å².